The minimum absolute atomic E-state index is 0.122. The van der Waals surface area contributed by atoms with Crippen LogP contribution in [0.2, 0.25) is 0 Å². The molecule has 1 aromatic rings. The van der Waals surface area contributed by atoms with Crippen molar-refractivity contribution in [1.82, 2.24) is 15.1 Å². The van der Waals surface area contributed by atoms with Crippen LogP contribution in [0.5, 0.6) is 0 Å². The predicted molar refractivity (Wildman–Crippen MR) is 104 cm³/mol. The lowest BCUT2D eigenvalue weighted by Gasteiger charge is -2.34. The van der Waals surface area contributed by atoms with Crippen molar-refractivity contribution in [2.75, 3.05) is 18.9 Å². The zero-order valence-electron chi connectivity index (χ0n) is 16.4. The zero-order valence-corrected chi connectivity index (χ0v) is 16.4. The van der Waals surface area contributed by atoms with Crippen LogP contribution in [0.25, 0.3) is 0 Å². The maximum Gasteiger partial charge on any atom is 0.334 e. The molecule has 1 heterocycles. The van der Waals surface area contributed by atoms with Crippen LogP contribution >= 0.6 is 0 Å². The standard InChI is InChI=1S/C20H24N4O5/c1-12-5-3-4-6-15(12)24-19(28)18(27)23(20(24)29)11-16(25)22-14-9-7-13(8-10-14)17(26)21-2/h7-10,12,15H,3-6,11H2,1-2H3,(H,21,26)(H,22,25)/t12-,15+/m0/s1. The molecule has 1 saturated carbocycles. The maximum absolute atomic E-state index is 12.7. The van der Waals surface area contributed by atoms with E-state index in [0.717, 1.165) is 24.2 Å². The van der Waals surface area contributed by atoms with Gasteiger partial charge in [-0.1, -0.05) is 19.8 Å². The molecule has 0 unspecified atom stereocenters. The van der Waals surface area contributed by atoms with Crippen molar-refractivity contribution < 1.29 is 24.0 Å². The van der Waals surface area contributed by atoms with E-state index in [1.807, 2.05) is 6.92 Å². The number of amides is 6. The van der Waals surface area contributed by atoms with Crippen molar-refractivity contribution in [2.24, 2.45) is 5.92 Å². The summed E-state index contributed by atoms with van der Waals surface area (Å²) in [4.78, 5) is 63.0. The normalized spacial score (nSPS) is 22.1. The monoisotopic (exact) mass is 400 g/mol. The fraction of sp³-hybridized carbons (Fsp3) is 0.450. The first-order valence-corrected chi connectivity index (χ1v) is 9.64. The number of rotatable bonds is 5. The number of nitrogens with zero attached hydrogens (tertiary/aromatic N) is 2. The van der Waals surface area contributed by atoms with Crippen LogP contribution < -0.4 is 10.6 Å². The smallest absolute Gasteiger partial charge is 0.334 e. The van der Waals surface area contributed by atoms with Gasteiger partial charge in [-0.25, -0.2) is 9.69 Å². The molecule has 154 valence electrons. The lowest BCUT2D eigenvalue weighted by molar-refractivity contribution is -0.145. The van der Waals surface area contributed by atoms with Crippen molar-refractivity contribution in [1.29, 1.82) is 0 Å². The molecule has 0 radical (unpaired) electrons. The third-order valence-corrected chi connectivity index (χ3v) is 5.44. The predicted octanol–water partition coefficient (Wildman–Crippen LogP) is 1.35. The lowest BCUT2D eigenvalue weighted by atomic mass is 9.85. The van der Waals surface area contributed by atoms with E-state index in [0.29, 0.717) is 22.6 Å². The van der Waals surface area contributed by atoms with E-state index in [-0.39, 0.29) is 17.9 Å². The van der Waals surface area contributed by atoms with Gasteiger partial charge in [-0.3, -0.25) is 24.1 Å². The van der Waals surface area contributed by atoms with Crippen molar-refractivity contribution in [3.63, 3.8) is 0 Å². The molecule has 2 fully saturated rings. The van der Waals surface area contributed by atoms with Gasteiger partial charge in [-0.2, -0.15) is 0 Å². The summed E-state index contributed by atoms with van der Waals surface area (Å²) < 4.78 is 0. The molecule has 6 amide bonds. The molecule has 0 aromatic heterocycles. The van der Waals surface area contributed by atoms with E-state index >= 15 is 0 Å². The van der Waals surface area contributed by atoms with Gasteiger partial charge in [-0.15, -0.1) is 0 Å². The third-order valence-electron chi connectivity index (χ3n) is 5.44. The first-order valence-electron chi connectivity index (χ1n) is 9.64. The zero-order chi connectivity index (χ0) is 21.1. The van der Waals surface area contributed by atoms with Gasteiger partial charge in [0.05, 0.1) is 0 Å². The number of carbonyl (C=O) groups excluding carboxylic acids is 5. The molecule has 9 heteroatoms. The number of anilines is 1. The first kappa shape index (κ1) is 20.5. The maximum atomic E-state index is 12.7. The minimum Gasteiger partial charge on any atom is -0.355 e. The molecule has 0 spiro atoms. The van der Waals surface area contributed by atoms with Gasteiger partial charge < -0.3 is 10.6 Å². The number of nitrogens with one attached hydrogen (secondary N) is 2. The molecule has 3 rings (SSSR count). The minimum atomic E-state index is -0.974. The van der Waals surface area contributed by atoms with Gasteiger partial charge >= 0.3 is 17.8 Å². The molecule has 1 aliphatic carbocycles. The van der Waals surface area contributed by atoms with Crippen LogP contribution in [0, 0.1) is 5.92 Å². The second kappa shape index (κ2) is 8.42. The van der Waals surface area contributed by atoms with Gasteiger partial charge in [0.1, 0.15) is 6.54 Å². The van der Waals surface area contributed by atoms with Gasteiger partial charge in [0.25, 0.3) is 5.91 Å². The highest BCUT2D eigenvalue weighted by Gasteiger charge is 2.49. The van der Waals surface area contributed by atoms with Crippen LogP contribution in [0.4, 0.5) is 10.5 Å². The van der Waals surface area contributed by atoms with Crippen LogP contribution in [-0.4, -0.2) is 59.1 Å². The Bertz CT molecular complexity index is 851. The Balaban J connectivity index is 1.65. The molecule has 2 aliphatic rings. The highest BCUT2D eigenvalue weighted by Crippen LogP contribution is 2.31. The Kier molecular flexibility index (Phi) is 5.95. The molecule has 1 aliphatic heterocycles. The number of benzene rings is 1. The van der Waals surface area contributed by atoms with Crippen molar-refractivity contribution in [3.8, 4) is 0 Å². The Morgan fingerprint density at radius 1 is 1.03 bits per heavy atom. The highest BCUT2D eigenvalue weighted by atomic mass is 16.2. The number of hydrogen-bond acceptors (Lipinski definition) is 5. The van der Waals surface area contributed by atoms with E-state index in [9.17, 15) is 24.0 Å². The molecule has 9 nitrogen and oxygen atoms in total. The molecule has 1 saturated heterocycles. The molecule has 29 heavy (non-hydrogen) atoms. The largest absolute Gasteiger partial charge is 0.355 e. The molecule has 0 bridgehead atoms. The highest BCUT2D eigenvalue weighted by molar-refractivity contribution is 6.45. The van der Waals surface area contributed by atoms with Gasteiger partial charge in [0.2, 0.25) is 5.91 Å². The SMILES string of the molecule is CNC(=O)c1ccc(NC(=O)CN2C(=O)C(=O)N([C@@H]3CCCC[C@@H]3C)C2=O)cc1. The van der Waals surface area contributed by atoms with Crippen molar-refractivity contribution in [2.45, 2.75) is 38.6 Å². The Labute approximate surface area is 168 Å². The van der Waals surface area contributed by atoms with Crippen LogP contribution in [-0.2, 0) is 14.4 Å². The van der Waals surface area contributed by atoms with Crippen LogP contribution in [0.1, 0.15) is 43.0 Å². The number of urea groups is 1. The Morgan fingerprint density at radius 2 is 1.69 bits per heavy atom. The summed E-state index contributed by atoms with van der Waals surface area (Å²) in [6.45, 7) is 1.42. The summed E-state index contributed by atoms with van der Waals surface area (Å²) in [5.41, 5.74) is 0.837. The van der Waals surface area contributed by atoms with Crippen LogP contribution in [0.15, 0.2) is 24.3 Å². The summed E-state index contributed by atoms with van der Waals surface area (Å²) >= 11 is 0. The second-order valence-corrected chi connectivity index (χ2v) is 7.38. The molecule has 1 aromatic carbocycles. The van der Waals surface area contributed by atoms with Crippen molar-refractivity contribution >= 4 is 35.3 Å². The van der Waals surface area contributed by atoms with E-state index in [1.54, 1.807) is 0 Å². The van der Waals surface area contributed by atoms with E-state index in [1.165, 1.54) is 31.3 Å². The Morgan fingerprint density at radius 3 is 2.31 bits per heavy atom. The molecular weight excluding hydrogens is 376 g/mol. The summed E-state index contributed by atoms with van der Waals surface area (Å²) in [5, 5.41) is 5.06. The van der Waals surface area contributed by atoms with Crippen molar-refractivity contribution in [3.05, 3.63) is 29.8 Å². The quantitative estimate of drug-likeness (QED) is 0.572. The average Bonchev–Trinajstić information content (AvgIpc) is 2.92. The third kappa shape index (κ3) is 4.13. The number of imide groups is 2. The van der Waals surface area contributed by atoms with E-state index in [2.05, 4.69) is 10.6 Å². The van der Waals surface area contributed by atoms with Crippen LogP contribution in [0.3, 0.4) is 0 Å². The van der Waals surface area contributed by atoms with E-state index in [4.69, 9.17) is 0 Å². The summed E-state index contributed by atoms with van der Waals surface area (Å²) in [6.07, 6.45) is 3.49. The summed E-state index contributed by atoms with van der Waals surface area (Å²) in [7, 11) is 1.51. The fourth-order valence-electron chi connectivity index (χ4n) is 3.83. The summed E-state index contributed by atoms with van der Waals surface area (Å²) in [5.74, 6) is -2.58. The molecular formula is C20H24N4O5. The van der Waals surface area contributed by atoms with Gasteiger partial charge in [0.15, 0.2) is 0 Å². The molecule has 2 atom stereocenters. The molecule has 2 N–H and O–H groups in total. The van der Waals surface area contributed by atoms with Gasteiger partial charge in [0, 0.05) is 24.3 Å². The second-order valence-electron chi connectivity index (χ2n) is 7.38. The average molecular weight is 400 g/mol. The summed E-state index contributed by atoms with van der Waals surface area (Å²) in [6, 6.07) is 5.11. The van der Waals surface area contributed by atoms with Gasteiger partial charge in [-0.05, 0) is 43.0 Å². The first-order chi connectivity index (χ1) is 13.8. The fourth-order valence-corrected chi connectivity index (χ4v) is 3.83. The Hall–Kier alpha value is -3.23. The lowest BCUT2D eigenvalue weighted by Crippen LogP contribution is -2.46. The number of carbonyl (C=O) groups is 5. The topological polar surface area (TPSA) is 116 Å². The van der Waals surface area contributed by atoms with E-state index < -0.39 is 30.3 Å². The number of hydrogen-bond donors (Lipinski definition) is 2.